The normalized spacial score (nSPS) is 17.2. The van der Waals surface area contributed by atoms with Crippen LogP contribution < -0.4 is 4.72 Å². The molecule has 0 atom stereocenters. The van der Waals surface area contributed by atoms with Crippen molar-refractivity contribution in [3.8, 4) is 11.3 Å². The summed E-state index contributed by atoms with van der Waals surface area (Å²) >= 11 is 3.49. The van der Waals surface area contributed by atoms with Gasteiger partial charge in [0.05, 0.1) is 6.20 Å². The zero-order valence-corrected chi connectivity index (χ0v) is 15.2. The summed E-state index contributed by atoms with van der Waals surface area (Å²) < 4.78 is 33.7. The molecular formula is C15H12BrN5O3S. The van der Waals surface area contributed by atoms with Gasteiger partial charge >= 0.3 is 0 Å². The van der Waals surface area contributed by atoms with E-state index in [2.05, 4.69) is 47.3 Å². The van der Waals surface area contributed by atoms with Crippen LogP contribution in [0.5, 0.6) is 0 Å². The Morgan fingerprint density at radius 1 is 1.32 bits per heavy atom. The Bertz CT molecular complexity index is 1090. The zero-order valence-electron chi connectivity index (χ0n) is 12.8. The largest absolute Gasteiger partial charge is 0.354 e. The Hall–Kier alpha value is -2.20. The standard InChI is InChI=1S/C15H12BrN5O3S/c16-8-1-2-11-9(5-8)13-10(6-15(11)3-4-15)14(19-24-13)20-25(22,23)12-7-17-21-18-12/h1-2,5,7H,3-4,6H2,(H,19,20)(H,17,18,21). The topological polar surface area (TPSA) is 114 Å². The highest BCUT2D eigenvalue weighted by atomic mass is 79.9. The van der Waals surface area contributed by atoms with Crippen molar-refractivity contribution in [2.45, 2.75) is 29.7 Å². The maximum Gasteiger partial charge on any atom is 0.284 e. The second kappa shape index (κ2) is 4.92. The van der Waals surface area contributed by atoms with Gasteiger partial charge in [0, 0.05) is 21.0 Å². The van der Waals surface area contributed by atoms with Crippen LogP contribution in [0.25, 0.3) is 11.3 Å². The number of hydrogen-bond acceptors (Lipinski definition) is 6. The van der Waals surface area contributed by atoms with E-state index in [9.17, 15) is 8.42 Å². The first kappa shape index (κ1) is 15.1. The van der Waals surface area contributed by atoms with Gasteiger partial charge in [-0.2, -0.15) is 18.7 Å². The van der Waals surface area contributed by atoms with Crippen molar-refractivity contribution in [2.24, 2.45) is 0 Å². The summed E-state index contributed by atoms with van der Waals surface area (Å²) in [7, 11) is -3.86. The van der Waals surface area contributed by atoms with E-state index in [-0.39, 0.29) is 16.3 Å². The lowest BCUT2D eigenvalue weighted by molar-refractivity contribution is 0.431. The molecule has 2 aromatic heterocycles. The maximum absolute atomic E-state index is 12.4. The monoisotopic (exact) mass is 421 g/mol. The van der Waals surface area contributed by atoms with Crippen LogP contribution in [-0.2, 0) is 21.9 Å². The molecule has 25 heavy (non-hydrogen) atoms. The van der Waals surface area contributed by atoms with Gasteiger partial charge < -0.3 is 4.52 Å². The predicted octanol–water partition coefficient (Wildman–Crippen LogP) is 2.61. The lowest BCUT2D eigenvalue weighted by Gasteiger charge is -2.24. The number of nitrogens with one attached hydrogen (secondary N) is 2. The van der Waals surface area contributed by atoms with E-state index >= 15 is 0 Å². The minimum absolute atomic E-state index is 0.0582. The van der Waals surface area contributed by atoms with Crippen molar-refractivity contribution in [1.29, 1.82) is 0 Å². The van der Waals surface area contributed by atoms with Gasteiger partial charge in [-0.25, -0.2) is 0 Å². The zero-order chi connectivity index (χ0) is 17.2. The molecule has 1 spiro atoms. The van der Waals surface area contributed by atoms with Crippen LogP contribution in [0.15, 0.2) is 38.4 Å². The molecule has 1 saturated carbocycles. The van der Waals surface area contributed by atoms with Gasteiger partial charge in [0.2, 0.25) is 5.03 Å². The van der Waals surface area contributed by atoms with Crippen molar-refractivity contribution >= 4 is 31.8 Å². The summed E-state index contributed by atoms with van der Waals surface area (Å²) in [4.78, 5) is 0. The van der Waals surface area contributed by atoms with Crippen molar-refractivity contribution in [2.75, 3.05) is 4.72 Å². The van der Waals surface area contributed by atoms with Crippen molar-refractivity contribution in [1.82, 2.24) is 20.6 Å². The molecule has 8 nitrogen and oxygen atoms in total. The van der Waals surface area contributed by atoms with Crippen LogP contribution in [0.2, 0.25) is 0 Å². The molecule has 2 N–H and O–H groups in total. The van der Waals surface area contributed by atoms with Crippen LogP contribution >= 0.6 is 15.9 Å². The smallest absolute Gasteiger partial charge is 0.284 e. The van der Waals surface area contributed by atoms with Crippen LogP contribution in [0.3, 0.4) is 0 Å². The molecule has 5 rings (SSSR count). The number of hydrogen-bond donors (Lipinski definition) is 2. The highest BCUT2D eigenvalue weighted by Gasteiger charge is 2.50. The number of aromatic amines is 1. The van der Waals surface area contributed by atoms with E-state index in [4.69, 9.17) is 4.52 Å². The van der Waals surface area contributed by atoms with Gasteiger partial charge in [0.25, 0.3) is 10.0 Å². The summed E-state index contributed by atoms with van der Waals surface area (Å²) in [5, 5.41) is 13.2. The fraction of sp³-hybridized carbons (Fsp3) is 0.267. The first-order valence-electron chi connectivity index (χ1n) is 7.66. The van der Waals surface area contributed by atoms with Gasteiger partial charge in [-0.3, -0.25) is 4.72 Å². The number of H-pyrrole nitrogens is 1. The average molecular weight is 422 g/mol. The Kier molecular flexibility index (Phi) is 2.97. The molecule has 3 aromatic rings. The third kappa shape index (κ3) is 2.24. The molecule has 128 valence electrons. The fourth-order valence-corrected chi connectivity index (χ4v) is 4.70. The Balaban J connectivity index is 1.61. The third-order valence-electron chi connectivity index (χ3n) is 4.85. The van der Waals surface area contributed by atoms with E-state index in [1.807, 2.05) is 12.1 Å². The predicted molar refractivity (Wildman–Crippen MR) is 91.4 cm³/mol. The molecule has 0 amide bonds. The maximum atomic E-state index is 12.4. The molecule has 0 saturated heterocycles. The Morgan fingerprint density at radius 2 is 2.16 bits per heavy atom. The van der Waals surface area contributed by atoms with Gasteiger partial charge in [-0.1, -0.05) is 27.2 Å². The van der Waals surface area contributed by atoms with Crippen LogP contribution in [0.4, 0.5) is 5.82 Å². The first-order valence-corrected chi connectivity index (χ1v) is 9.94. The summed E-state index contributed by atoms with van der Waals surface area (Å²) in [5.74, 6) is 0.835. The first-order chi connectivity index (χ1) is 12.0. The molecule has 1 aromatic carbocycles. The number of nitrogens with zero attached hydrogens (tertiary/aromatic N) is 3. The minimum atomic E-state index is -3.86. The minimum Gasteiger partial charge on any atom is -0.354 e. The fourth-order valence-electron chi connectivity index (χ4n) is 3.46. The molecule has 0 aliphatic heterocycles. The lowest BCUT2D eigenvalue weighted by atomic mass is 9.79. The number of benzene rings is 1. The van der Waals surface area contributed by atoms with E-state index in [0.717, 1.165) is 34.6 Å². The highest BCUT2D eigenvalue weighted by molar-refractivity contribution is 9.10. The van der Waals surface area contributed by atoms with E-state index in [1.54, 1.807) is 0 Å². The average Bonchev–Trinajstić information content (AvgIpc) is 2.99. The number of halogens is 1. The van der Waals surface area contributed by atoms with Crippen LogP contribution in [0, 0.1) is 0 Å². The number of anilines is 1. The molecule has 2 aliphatic rings. The molecular weight excluding hydrogens is 410 g/mol. The van der Waals surface area contributed by atoms with Crippen molar-refractivity contribution in [3.63, 3.8) is 0 Å². The molecule has 0 radical (unpaired) electrons. The summed E-state index contributed by atoms with van der Waals surface area (Å²) in [6.45, 7) is 0. The molecule has 10 heteroatoms. The quantitative estimate of drug-likeness (QED) is 0.671. The second-order valence-corrected chi connectivity index (χ2v) is 8.94. The Labute approximate surface area is 151 Å². The van der Waals surface area contributed by atoms with Crippen molar-refractivity contribution in [3.05, 3.63) is 40.0 Å². The molecule has 2 aliphatic carbocycles. The molecule has 0 bridgehead atoms. The highest BCUT2D eigenvalue weighted by Crippen LogP contribution is 2.58. The van der Waals surface area contributed by atoms with Crippen LogP contribution in [0.1, 0.15) is 24.0 Å². The van der Waals surface area contributed by atoms with E-state index in [1.165, 1.54) is 5.56 Å². The Morgan fingerprint density at radius 3 is 2.88 bits per heavy atom. The number of fused-ring (bicyclic) bond motifs is 4. The van der Waals surface area contributed by atoms with Gasteiger partial charge in [0.1, 0.15) is 0 Å². The molecule has 2 heterocycles. The van der Waals surface area contributed by atoms with Gasteiger partial charge in [-0.05, 0) is 37.0 Å². The number of sulfonamides is 1. The van der Waals surface area contributed by atoms with Gasteiger partial charge in [-0.15, -0.1) is 5.10 Å². The summed E-state index contributed by atoms with van der Waals surface area (Å²) in [6.07, 6.45) is 3.99. The van der Waals surface area contributed by atoms with E-state index < -0.39 is 10.0 Å². The molecule has 0 unspecified atom stereocenters. The van der Waals surface area contributed by atoms with E-state index in [0.29, 0.717) is 12.2 Å². The SMILES string of the molecule is O=S(=O)(Nc1noc2c1CC1(CC1)c1ccc(Br)cc1-2)c1cn[nH]n1. The number of rotatable bonds is 3. The van der Waals surface area contributed by atoms with Gasteiger partial charge in [0.15, 0.2) is 11.6 Å². The second-order valence-electron chi connectivity index (χ2n) is 6.40. The third-order valence-corrected chi connectivity index (χ3v) is 6.56. The lowest BCUT2D eigenvalue weighted by Crippen LogP contribution is -2.20. The van der Waals surface area contributed by atoms with Crippen molar-refractivity contribution < 1.29 is 12.9 Å². The molecule has 1 fully saturated rings. The summed E-state index contributed by atoms with van der Waals surface area (Å²) in [5.41, 5.74) is 3.05. The number of aromatic nitrogens is 4. The van der Waals surface area contributed by atoms with Crippen LogP contribution in [-0.4, -0.2) is 29.0 Å². The summed E-state index contributed by atoms with van der Waals surface area (Å²) in [6, 6.07) is 6.13.